The third-order valence-corrected chi connectivity index (χ3v) is 3.10. The molecular formula is C10H17NS. The van der Waals surface area contributed by atoms with Crippen LogP contribution in [0.2, 0.25) is 0 Å². The molecule has 1 aromatic heterocycles. The second-order valence-electron chi connectivity index (χ2n) is 3.13. The van der Waals surface area contributed by atoms with Gasteiger partial charge in [0.05, 0.1) is 0 Å². The van der Waals surface area contributed by atoms with E-state index < -0.39 is 0 Å². The van der Waals surface area contributed by atoms with Crippen LogP contribution >= 0.6 is 11.3 Å². The van der Waals surface area contributed by atoms with Crippen LogP contribution in [-0.2, 0) is 6.54 Å². The predicted octanol–water partition coefficient (Wildman–Crippen LogP) is 2.86. The molecule has 0 fully saturated rings. The molecule has 0 aliphatic rings. The fourth-order valence-electron chi connectivity index (χ4n) is 1.13. The van der Waals surface area contributed by atoms with Gasteiger partial charge in [-0.3, -0.25) is 0 Å². The highest BCUT2D eigenvalue weighted by atomic mass is 32.1. The van der Waals surface area contributed by atoms with Crippen LogP contribution in [0, 0.1) is 13.8 Å². The molecule has 68 valence electrons. The van der Waals surface area contributed by atoms with Crippen molar-refractivity contribution in [3.05, 3.63) is 21.4 Å². The van der Waals surface area contributed by atoms with Crippen molar-refractivity contribution in [3.63, 3.8) is 0 Å². The van der Waals surface area contributed by atoms with Crippen LogP contribution in [0.25, 0.3) is 0 Å². The lowest BCUT2D eigenvalue weighted by Gasteiger charge is -1.98. The summed E-state index contributed by atoms with van der Waals surface area (Å²) in [6.45, 7) is 8.71. The summed E-state index contributed by atoms with van der Waals surface area (Å²) in [4.78, 5) is 2.90. The molecule has 0 unspecified atom stereocenters. The van der Waals surface area contributed by atoms with Gasteiger partial charge in [-0.15, -0.1) is 11.3 Å². The molecule has 0 saturated carbocycles. The molecule has 1 nitrogen and oxygen atoms in total. The molecule has 0 aromatic carbocycles. The Kier molecular flexibility index (Phi) is 3.76. The molecule has 0 amide bonds. The largest absolute Gasteiger partial charge is 0.312 e. The van der Waals surface area contributed by atoms with Crippen LogP contribution in [0.4, 0.5) is 0 Å². The molecule has 0 aliphatic carbocycles. The zero-order chi connectivity index (χ0) is 8.97. The third kappa shape index (κ3) is 2.61. The van der Waals surface area contributed by atoms with E-state index in [1.807, 2.05) is 11.3 Å². The summed E-state index contributed by atoms with van der Waals surface area (Å²) in [5, 5.41) is 3.40. The molecule has 0 atom stereocenters. The highest BCUT2D eigenvalue weighted by Crippen LogP contribution is 2.19. The van der Waals surface area contributed by atoms with Crippen molar-refractivity contribution in [2.45, 2.75) is 33.7 Å². The molecule has 0 spiro atoms. The highest BCUT2D eigenvalue weighted by Gasteiger charge is 1.99. The van der Waals surface area contributed by atoms with Gasteiger partial charge in [-0.2, -0.15) is 0 Å². The third-order valence-electron chi connectivity index (χ3n) is 1.94. The van der Waals surface area contributed by atoms with E-state index in [1.54, 1.807) is 0 Å². The summed E-state index contributed by atoms with van der Waals surface area (Å²) >= 11 is 1.90. The lowest BCUT2D eigenvalue weighted by Crippen LogP contribution is -2.12. The number of thiophene rings is 1. The minimum atomic E-state index is 1.03. The lowest BCUT2D eigenvalue weighted by molar-refractivity contribution is 0.681. The Morgan fingerprint density at radius 1 is 1.42 bits per heavy atom. The minimum Gasteiger partial charge on any atom is -0.312 e. The highest BCUT2D eigenvalue weighted by molar-refractivity contribution is 7.12. The Balaban J connectivity index is 2.42. The van der Waals surface area contributed by atoms with Crippen molar-refractivity contribution in [2.75, 3.05) is 6.54 Å². The van der Waals surface area contributed by atoms with Gasteiger partial charge >= 0.3 is 0 Å². The summed E-state index contributed by atoms with van der Waals surface area (Å²) < 4.78 is 0. The molecule has 0 saturated heterocycles. The fourth-order valence-corrected chi connectivity index (χ4v) is 2.15. The number of hydrogen-bond acceptors (Lipinski definition) is 2. The summed E-state index contributed by atoms with van der Waals surface area (Å²) in [5.41, 5.74) is 1.42. The van der Waals surface area contributed by atoms with E-state index in [9.17, 15) is 0 Å². The smallest absolute Gasteiger partial charge is 0.0299 e. The first kappa shape index (κ1) is 9.75. The van der Waals surface area contributed by atoms with Crippen LogP contribution in [0.3, 0.4) is 0 Å². The van der Waals surface area contributed by atoms with Crippen molar-refractivity contribution >= 4 is 11.3 Å². The van der Waals surface area contributed by atoms with Gasteiger partial charge in [0.1, 0.15) is 0 Å². The van der Waals surface area contributed by atoms with Crippen molar-refractivity contribution in [3.8, 4) is 0 Å². The Morgan fingerprint density at radius 2 is 2.17 bits per heavy atom. The molecule has 1 N–H and O–H groups in total. The first-order valence-electron chi connectivity index (χ1n) is 4.50. The summed E-state index contributed by atoms with van der Waals surface area (Å²) in [6.07, 6.45) is 1.21. The molecule has 0 aliphatic heterocycles. The molecule has 1 rings (SSSR count). The standard InChI is InChI=1S/C10H17NS/c1-4-5-11-7-10-6-8(2)9(3)12-10/h6,11H,4-5,7H2,1-3H3. The van der Waals surface area contributed by atoms with Gasteiger partial charge < -0.3 is 5.32 Å². The van der Waals surface area contributed by atoms with Gasteiger partial charge in [0, 0.05) is 16.3 Å². The first-order chi connectivity index (χ1) is 5.74. The van der Waals surface area contributed by atoms with E-state index in [-0.39, 0.29) is 0 Å². The van der Waals surface area contributed by atoms with Gasteiger partial charge in [0.25, 0.3) is 0 Å². The van der Waals surface area contributed by atoms with Crippen LogP contribution in [-0.4, -0.2) is 6.54 Å². The zero-order valence-electron chi connectivity index (χ0n) is 8.11. The summed E-state index contributed by atoms with van der Waals surface area (Å²) in [7, 11) is 0. The minimum absolute atomic E-state index is 1.03. The number of rotatable bonds is 4. The van der Waals surface area contributed by atoms with Crippen molar-refractivity contribution in [1.29, 1.82) is 0 Å². The molecule has 2 heteroatoms. The van der Waals surface area contributed by atoms with Gasteiger partial charge in [0.2, 0.25) is 0 Å². The average molecular weight is 183 g/mol. The average Bonchev–Trinajstić information content (AvgIpc) is 2.32. The van der Waals surface area contributed by atoms with Gasteiger partial charge in [0.15, 0.2) is 0 Å². The lowest BCUT2D eigenvalue weighted by atomic mass is 10.3. The fraction of sp³-hybridized carbons (Fsp3) is 0.600. The maximum absolute atomic E-state index is 3.40. The number of nitrogens with one attached hydrogen (secondary N) is 1. The molecule has 1 aromatic rings. The maximum Gasteiger partial charge on any atom is 0.0299 e. The van der Waals surface area contributed by atoms with Crippen molar-refractivity contribution in [2.24, 2.45) is 0 Å². The van der Waals surface area contributed by atoms with Gasteiger partial charge in [-0.25, -0.2) is 0 Å². The van der Waals surface area contributed by atoms with Crippen LogP contribution in [0.5, 0.6) is 0 Å². The SMILES string of the molecule is CCCNCc1cc(C)c(C)s1. The van der Waals surface area contributed by atoms with E-state index >= 15 is 0 Å². The van der Waals surface area contributed by atoms with Crippen molar-refractivity contribution < 1.29 is 0 Å². The molecule has 12 heavy (non-hydrogen) atoms. The topological polar surface area (TPSA) is 12.0 Å². The zero-order valence-corrected chi connectivity index (χ0v) is 8.92. The second-order valence-corrected chi connectivity index (χ2v) is 4.47. The number of aryl methyl sites for hydroxylation is 2. The molecule has 0 bridgehead atoms. The van der Waals surface area contributed by atoms with Crippen molar-refractivity contribution in [1.82, 2.24) is 5.32 Å². The summed E-state index contributed by atoms with van der Waals surface area (Å²) in [5.74, 6) is 0. The van der Waals surface area contributed by atoms with E-state index in [4.69, 9.17) is 0 Å². The Labute approximate surface area is 78.8 Å². The first-order valence-corrected chi connectivity index (χ1v) is 5.32. The monoisotopic (exact) mass is 183 g/mol. The van der Waals surface area contributed by atoms with Crippen LogP contribution in [0.1, 0.15) is 28.7 Å². The second kappa shape index (κ2) is 4.63. The van der Waals surface area contributed by atoms with Gasteiger partial charge in [-0.05, 0) is 38.4 Å². The van der Waals surface area contributed by atoms with E-state index in [0.29, 0.717) is 0 Å². The maximum atomic E-state index is 3.40. The Hall–Kier alpha value is -0.340. The molecule has 0 radical (unpaired) electrons. The number of hydrogen-bond donors (Lipinski definition) is 1. The molecule has 1 heterocycles. The van der Waals surface area contributed by atoms with Gasteiger partial charge in [-0.1, -0.05) is 6.92 Å². The summed E-state index contributed by atoms with van der Waals surface area (Å²) in [6, 6.07) is 2.28. The quantitative estimate of drug-likeness (QED) is 0.708. The van der Waals surface area contributed by atoms with Crippen LogP contribution < -0.4 is 5.32 Å². The normalized spacial score (nSPS) is 10.6. The van der Waals surface area contributed by atoms with E-state index in [2.05, 4.69) is 32.2 Å². The Bertz CT molecular complexity index is 220. The van der Waals surface area contributed by atoms with Crippen LogP contribution in [0.15, 0.2) is 6.07 Å². The van der Waals surface area contributed by atoms with E-state index in [0.717, 1.165) is 13.1 Å². The Morgan fingerprint density at radius 3 is 2.67 bits per heavy atom. The predicted molar refractivity (Wildman–Crippen MR) is 55.8 cm³/mol. The van der Waals surface area contributed by atoms with E-state index in [1.165, 1.54) is 21.7 Å². The molecular weight excluding hydrogens is 166 g/mol.